The molecule has 1 aromatic carbocycles. The van der Waals surface area contributed by atoms with Crippen LogP contribution in [0.2, 0.25) is 0 Å². The van der Waals surface area contributed by atoms with E-state index in [2.05, 4.69) is 43.0 Å². The molecule has 1 fully saturated rings. The molecule has 5 rings (SSSR count). The van der Waals surface area contributed by atoms with Gasteiger partial charge in [-0.25, -0.2) is 24.5 Å². The standard InChI is InChI=1S/C29H35N7O5/c1-40-24-26(31-16-23(28(37)38)35-29(39)41-17-19-6-3-2-4-7-19)32-18-33-27(24)36-14-11-20(12-15-36)22-10-9-21-8-5-13-30-25(21)34-22/h2-4,6-7,9-10,18,20,23H,5,8,11-17H2,1H3,(H,30,34)(H,35,39)(H,37,38)(H,31,32,33)/t23-/m0/s1. The summed E-state index contributed by atoms with van der Waals surface area (Å²) in [6.07, 6.45) is 4.62. The lowest BCUT2D eigenvalue weighted by atomic mass is 9.92. The number of carbonyl (C=O) groups is 2. The number of carboxylic acid groups (broad SMARTS) is 1. The molecule has 1 saturated heterocycles. The van der Waals surface area contributed by atoms with E-state index in [9.17, 15) is 14.7 Å². The Morgan fingerprint density at radius 3 is 2.71 bits per heavy atom. The number of carboxylic acids is 1. The molecule has 41 heavy (non-hydrogen) atoms. The van der Waals surface area contributed by atoms with Gasteiger partial charge in [0.05, 0.1) is 7.11 Å². The average molecular weight is 562 g/mol. The number of carbonyl (C=O) groups excluding carboxylic acids is 1. The van der Waals surface area contributed by atoms with Crippen LogP contribution < -0.4 is 25.6 Å². The molecule has 0 saturated carbocycles. The lowest BCUT2D eigenvalue weighted by Crippen LogP contribution is -2.45. The summed E-state index contributed by atoms with van der Waals surface area (Å²) in [5, 5.41) is 18.5. The number of benzene rings is 1. The molecule has 0 radical (unpaired) electrons. The molecule has 2 aromatic heterocycles. The molecule has 0 bridgehead atoms. The lowest BCUT2D eigenvalue weighted by molar-refractivity contribution is -0.139. The van der Waals surface area contributed by atoms with Crippen LogP contribution in [0, 0.1) is 0 Å². The molecule has 12 heteroatoms. The Bertz CT molecular complexity index is 1350. The van der Waals surface area contributed by atoms with E-state index in [1.54, 1.807) is 0 Å². The average Bonchev–Trinajstić information content (AvgIpc) is 3.02. The monoisotopic (exact) mass is 561 g/mol. The predicted molar refractivity (Wildman–Crippen MR) is 153 cm³/mol. The third-order valence-corrected chi connectivity index (χ3v) is 7.39. The van der Waals surface area contributed by atoms with Gasteiger partial charge < -0.3 is 35.4 Å². The zero-order valence-corrected chi connectivity index (χ0v) is 23.0. The zero-order chi connectivity index (χ0) is 28.6. The van der Waals surface area contributed by atoms with Gasteiger partial charge in [-0.1, -0.05) is 36.4 Å². The van der Waals surface area contributed by atoms with E-state index in [1.807, 2.05) is 30.3 Å². The van der Waals surface area contributed by atoms with Crippen LogP contribution >= 0.6 is 0 Å². The number of anilines is 3. The molecule has 216 valence electrons. The second-order valence-corrected chi connectivity index (χ2v) is 10.1. The first-order valence-corrected chi connectivity index (χ1v) is 13.8. The molecule has 0 unspecified atom stereocenters. The van der Waals surface area contributed by atoms with Crippen LogP contribution in [0.5, 0.6) is 5.75 Å². The molecule has 3 aromatic rings. The number of pyridine rings is 1. The molecule has 2 aliphatic rings. The molecule has 0 aliphatic carbocycles. The van der Waals surface area contributed by atoms with Crippen molar-refractivity contribution in [1.82, 2.24) is 20.3 Å². The van der Waals surface area contributed by atoms with Crippen molar-refractivity contribution in [1.29, 1.82) is 0 Å². The first-order valence-electron chi connectivity index (χ1n) is 13.8. The number of rotatable bonds is 10. The molecule has 4 N–H and O–H groups in total. The first kappa shape index (κ1) is 27.9. The second kappa shape index (κ2) is 13.2. The van der Waals surface area contributed by atoms with Gasteiger partial charge in [-0.15, -0.1) is 0 Å². The van der Waals surface area contributed by atoms with Crippen LogP contribution in [0.4, 0.5) is 22.2 Å². The Hall–Kier alpha value is -4.61. The van der Waals surface area contributed by atoms with Gasteiger partial charge in [0, 0.05) is 37.8 Å². The summed E-state index contributed by atoms with van der Waals surface area (Å²) in [5.74, 6) is 1.55. The van der Waals surface area contributed by atoms with Crippen molar-refractivity contribution >= 4 is 29.5 Å². The third-order valence-electron chi connectivity index (χ3n) is 7.39. The van der Waals surface area contributed by atoms with E-state index >= 15 is 0 Å². The maximum atomic E-state index is 12.2. The zero-order valence-electron chi connectivity index (χ0n) is 23.0. The van der Waals surface area contributed by atoms with Gasteiger partial charge in [0.2, 0.25) is 5.75 Å². The van der Waals surface area contributed by atoms with Crippen LogP contribution in [0.3, 0.4) is 0 Å². The van der Waals surface area contributed by atoms with Crippen molar-refractivity contribution in [2.75, 3.05) is 48.8 Å². The number of piperidine rings is 1. The molecule has 1 amide bonds. The largest absolute Gasteiger partial charge is 0.490 e. The number of aromatic nitrogens is 3. The van der Waals surface area contributed by atoms with Crippen molar-refractivity contribution < 1.29 is 24.2 Å². The van der Waals surface area contributed by atoms with Gasteiger partial charge in [0.15, 0.2) is 11.6 Å². The SMILES string of the molecule is COc1c(NC[C@H](NC(=O)OCc2ccccc2)C(=O)O)ncnc1N1CCC(c2ccc3c(n2)NCCC3)CC1. The molecule has 12 nitrogen and oxygen atoms in total. The van der Waals surface area contributed by atoms with Gasteiger partial charge in [-0.3, -0.25) is 0 Å². The highest BCUT2D eigenvalue weighted by atomic mass is 16.5. The molecule has 4 heterocycles. The number of methoxy groups -OCH3 is 1. The minimum absolute atomic E-state index is 0.0334. The summed E-state index contributed by atoms with van der Waals surface area (Å²) >= 11 is 0. The van der Waals surface area contributed by atoms with Crippen LogP contribution in [0.1, 0.15) is 42.0 Å². The predicted octanol–water partition coefficient (Wildman–Crippen LogP) is 3.41. The number of alkyl carbamates (subject to hydrolysis) is 1. The third kappa shape index (κ3) is 6.94. The number of ether oxygens (including phenoxy) is 2. The Balaban J connectivity index is 1.18. The smallest absolute Gasteiger partial charge is 0.408 e. The maximum absolute atomic E-state index is 12.2. The van der Waals surface area contributed by atoms with E-state index in [-0.39, 0.29) is 13.2 Å². The number of hydrogen-bond acceptors (Lipinski definition) is 10. The van der Waals surface area contributed by atoms with E-state index in [1.165, 1.54) is 19.0 Å². The normalized spacial score (nSPS) is 15.7. The summed E-state index contributed by atoms with van der Waals surface area (Å²) < 4.78 is 10.8. The minimum Gasteiger partial charge on any atom is -0.490 e. The molecule has 1 atom stereocenters. The van der Waals surface area contributed by atoms with Gasteiger partial charge in [-0.05, 0) is 42.9 Å². The highest BCUT2D eigenvalue weighted by molar-refractivity contribution is 5.80. The fraction of sp³-hybridized carbons (Fsp3) is 0.414. The summed E-state index contributed by atoms with van der Waals surface area (Å²) in [7, 11) is 1.53. The van der Waals surface area contributed by atoms with Gasteiger partial charge in [-0.2, -0.15) is 0 Å². The van der Waals surface area contributed by atoms with Crippen LogP contribution in [0.15, 0.2) is 48.8 Å². The molecule has 2 aliphatic heterocycles. The molecular weight excluding hydrogens is 526 g/mol. The number of nitrogens with one attached hydrogen (secondary N) is 3. The fourth-order valence-electron chi connectivity index (χ4n) is 5.17. The van der Waals surface area contributed by atoms with Crippen LogP contribution in [-0.4, -0.2) is 71.5 Å². The Morgan fingerprint density at radius 2 is 1.95 bits per heavy atom. The van der Waals surface area contributed by atoms with Crippen LogP contribution in [0.25, 0.3) is 0 Å². The highest BCUT2D eigenvalue weighted by Crippen LogP contribution is 2.36. The van der Waals surface area contributed by atoms with E-state index in [0.717, 1.165) is 62.4 Å². The summed E-state index contributed by atoms with van der Waals surface area (Å²) in [5.41, 5.74) is 3.20. The summed E-state index contributed by atoms with van der Waals surface area (Å²) in [6, 6.07) is 12.2. The van der Waals surface area contributed by atoms with Gasteiger partial charge in [0.25, 0.3) is 0 Å². The fourth-order valence-corrected chi connectivity index (χ4v) is 5.17. The summed E-state index contributed by atoms with van der Waals surface area (Å²) in [4.78, 5) is 39.9. The Kier molecular flexibility index (Phi) is 8.97. The van der Waals surface area contributed by atoms with Crippen molar-refractivity contribution in [3.05, 3.63) is 65.6 Å². The quantitative estimate of drug-likeness (QED) is 0.288. The number of nitrogens with zero attached hydrogens (tertiary/aromatic N) is 4. The van der Waals surface area contributed by atoms with Crippen LogP contribution in [-0.2, 0) is 22.6 Å². The van der Waals surface area contributed by atoms with Crippen molar-refractivity contribution in [2.45, 2.75) is 44.2 Å². The lowest BCUT2D eigenvalue weighted by Gasteiger charge is -2.33. The Labute approximate surface area is 238 Å². The second-order valence-electron chi connectivity index (χ2n) is 10.1. The highest BCUT2D eigenvalue weighted by Gasteiger charge is 2.27. The number of amides is 1. The van der Waals surface area contributed by atoms with Gasteiger partial charge in [0.1, 0.15) is 24.8 Å². The van der Waals surface area contributed by atoms with Crippen molar-refractivity contribution in [3.8, 4) is 5.75 Å². The minimum atomic E-state index is -1.25. The van der Waals surface area contributed by atoms with E-state index < -0.39 is 18.1 Å². The number of fused-ring (bicyclic) bond motifs is 1. The van der Waals surface area contributed by atoms with Crippen molar-refractivity contribution in [3.63, 3.8) is 0 Å². The first-order chi connectivity index (χ1) is 20.0. The maximum Gasteiger partial charge on any atom is 0.408 e. The summed E-state index contributed by atoms with van der Waals surface area (Å²) in [6.45, 7) is 2.38. The molecule has 0 spiro atoms. The van der Waals surface area contributed by atoms with E-state index in [4.69, 9.17) is 14.5 Å². The topological polar surface area (TPSA) is 151 Å². The Morgan fingerprint density at radius 1 is 1.15 bits per heavy atom. The van der Waals surface area contributed by atoms with Gasteiger partial charge >= 0.3 is 12.1 Å². The van der Waals surface area contributed by atoms with Crippen molar-refractivity contribution in [2.24, 2.45) is 0 Å². The van der Waals surface area contributed by atoms with E-state index in [0.29, 0.717) is 23.3 Å². The number of aliphatic carboxylic acids is 1. The number of aryl methyl sites for hydroxylation is 1. The number of hydrogen-bond donors (Lipinski definition) is 4. The molecular formula is C29H35N7O5.